The van der Waals surface area contributed by atoms with Gasteiger partial charge in [0.1, 0.15) is 4.21 Å². The number of aromatic amines is 1. The van der Waals surface area contributed by atoms with E-state index in [9.17, 15) is 13.2 Å². The number of sulfonamides is 1. The Morgan fingerprint density at radius 2 is 1.86 bits per heavy atom. The first-order chi connectivity index (χ1) is 10.6. The third-order valence-corrected chi connectivity index (χ3v) is 7.02. The third kappa shape index (κ3) is 3.13. The van der Waals surface area contributed by atoms with Gasteiger partial charge in [-0.2, -0.15) is 9.40 Å². The van der Waals surface area contributed by atoms with E-state index in [1.165, 1.54) is 17.4 Å². The molecule has 1 aliphatic rings. The van der Waals surface area contributed by atoms with Gasteiger partial charge in [0.15, 0.2) is 0 Å². The van der Waals surface area contributed by atoms with Crippen molar-refractivity contribution in [3.8, 4) is 11.3 Å². The second kappa shape index (κ2) is 6.31. The van der Waals surface area contributed by atoms with Crippen molar-refractivity contribution in [2.45, 2.75) is 29.9 Å². The highest BCUT2D eigenvalue weighted by Crippen LogP contribution is 2.29. The molecule has 0 atom stereocenters. The van der Waals surface area contributed by atoms with Crippen molar-refractivity contribution in [2.24, 2.45) is 0 Å². The van der Waals surface area contributed by atoms with E-state index < -0.39 is 10.0 Å². The van der Waals surface area contributed by atoms with Crippen LogP contribution >= 0.6 is 11.3 Å². The fraction of sp³-hybridized carbons (Fsp3) is 0.429. The second-order valence-corrected chi connectivity index (χ2v) is 8.36. The van der Waals surface area contributed by atoms with Crippen LogP contribution in [0.5, 0.6) is 0 Å². The Kier molecular flexibility index (Phi) is 4.42. The van der Waals surface area contributed by atoms with Gasteiger partial charge in [0.25, 0.3) is 15.6 Å². The molecule has 0 unspecified atom stereocenters. The second-order valence-electron chi connectivity index (χ2n) is 5.28. The predicted octanol–water partition coefficient (Wildman–Crippen LogP) is 2.06. The Morgan fingerprint density at radius 1 is 1.14 bits per heavy atom. The van der Waals surface area contributed by atoms with Crippen LogP contribution in [0.3, 0.4) is 0 Å². The molecule has 3 heterocycles. The molecule has 1 aliphatic heterocycles. The number of thiophene rings is 1. The van der Waals surface area contributed by atoms with E-state index in [1.807, 2.05) is 0 Å². The number of nitrogens with one attached hydrogen (secondary N) is 1. The van der Waals surface area contributed by atoms with Crippen molar-refractivity contribution in [1.82, 2.24) is 14.5 Å². The lowest BCUT2D eigenvalue weighted by Crippen LogP contribution is -2.31. The molecule has 0 bridgehead atoms. The van der Waals surface area contributed by atoms with E-state index in [4.69, 9.17) is 0 Å². The van der Waals surface area contributed by atoms with Crippen LogP contribution in [0.4, 0.5) is 0 Å². The van der Waals surface area contributed by atoms with Gasteiger partial charge < -0.3 is 0 Å². The Morgan fingerprint density at radius 3 is 2.50 bits per heavy atom. The maximum Gasteiger partial charge on any atom is 0.264 e. The number of H-pyrrole nitrogens is 1. The molecule has 0 spiro atoms. The van der Waals surface area contributed by atoms with Crippen LogP contribution in [-0.4, -0.2) is 36.0 Å². The van der Waals surface area contributed by atoms with Gasteiger partial charge in [0.05, 0.1) is 5.69 Å². The molecule has 0 radical (unpaired) electrons. The van der Waals surface area contributed by atoms with Gasteiger partial charge in [-0.1, -0.05) is 12.8 Å². The van der Waals surface area contributed by atoms with Crippen molar-refractivity contribution < 1.29 is 8.42 Å². The smallest absolute Gasteiger partial charge is 0.264 e. The summed E-state index contributed by atoms with van der Waals surface area (Å²) in [4.78, 5) is 11.0. The van der Waals surface area contributed by atoms with Crippen LogP contribution in [0.2, 0.25) is 0 Å². The molecular weight excluding hydrogens is 322 g/mol. The normalized spacial score (nSPS) is 17.3. The summed E-state index contributed by atoms with van der Waals surface area (Å²) in [5.74, 6) is 0. The first-order valence-electron chi connectivity index (χ1n) is 7.22. The summed E-state index contributed by atoms with van der Waals surface area (Å²) in [5.41, 5.74) is 0.985. The van der Waals surface area contributed by atoms with Crippen molar-refractivity contribution in [3.05, 3.63) is 33.9 Å². The molecular formula is C14H17N3O3S2. The van der Waals surface area contributed by atoms with Crippen LogP contribution in [-0.2, 0) is 10.0 Å². The lowest BCUT2D eigenvalue weighted by molar-refractivity contribution is 0.425. The van der Waals surface area contributed by atoms with E-state index in [-0.39, 0.29) is 5.56 Å². The standard InChI is InChI=1S/C14H17N3O3S2/c18-13-6-5-12(15-16-13)11-9-14(21-10-11)22(19,20)17-7-3-1-2-4-8-17/h5-6,9-10H,1-4,7-8H2,(H,16,18). The Balaban J connectivity index is 1.88. The minimum Gasteiger partial charge on any atom is -0.268 e. The summed E-state index contributed by atoms with van der Waals surface area (Å²) in [6, 6.07) is 4.59. The highest BCUT2D eigenvalue weighted by atomic mass is 32.2. The maximum atomic E-state index is 12.7. The lowest BCUT2D eigenvalue weighted by Gasteiger charge is -2.18. The van der Waals surface area contributed by atoms with Gasteiger partial charge in [0.2, 0.25) is 0 Å². The van der Waals surface area contributed by atoms with Gasteiger partial charge in [-0.05, 0) is 25.0 Å². The van der Waals surface area contributed by atoms with E-state index in [0.29, 0.717) is 28.6 Å². The lowest BCUT2D eigenvalue weighted by atomic mass is 10.2. The zero-order valence-corrected chi connectivity index (χ0v) is 13.6. The number of aromatic nitrogens is 2. The molecule has 0 saturated carbocycles. The third-order valence-electron chi connectivity index (χ3n) is 3.71. The zero-order chi connectivity index (χ0) is 15.6. The van der Waals surface area contributed by atoms with Crippen LogP contribution < -0.4 is 5.56 Å². The molecule has 2 aromatic rings. The fourth-order valence-electron chi connectivity index (χ4n) is 2.50. The van der Waals surface area contributed by atoms with Gasteiger partial charge in [-0.25, -0.2) is 13.5 Å². The fourth-order valence-corrected chi connectivity index (χ4v) is 5.34. The average Bonchev–Trinajstić information content (AvgIpc) is 2.84. The summed E-state index contributed by atoms with van der Waals surface area (Å²) < 4.78 is 27.3. The average molecular weight is 339 g/mol. The highest BCUT2D eigenvalue weighted by molar-refractivity contribution is 7.91. The Bertz CT molecular complexity index is 782. The van der Waals surface area contributed by atoms with Gasteiger partial charge >= 0.3 is 0 Å². The summed E-state index contributed by atoms with van der Waals surface area (Å²) in [6.07, 6.45) is 4.00. The first-order valence-corrected chi connectivity index (χ1v) is 9.54. The molecule has 8 heteroatoms. The van der Waals surface area contributed by atoms with Crippen LogP contribution in [0.15, 0.2) is 32.6 Å². The molecule has 22 heavy (non-hydrogen) atoms. The Labute approximate surface area is 132 Å². The van der Waals surface area contributed by atoms with Crippen LogP contribution in [0.25, 0.3) is 11.3 Å². The van der Waals surface area contributed by atoms with Gasteiger partial charge in [0, 0.05) is 30.1 Å². The monoisotopic (exact) mass is 339 g/mol. The van der Waals surface area contributed by atoms with E-state index in [0.717, 1.165) is 25.7 Å². The topological polar surface area (TPSA) is 83.1 Å². The van der Waals surface area contributed by atoms with E-state index in [2.05, 4.69) is 10.2 Å². The summed E-state index contributed by atoms with van der Waals surface area (Å²) in [6.45, 7) is 1.18. The quantitative estimate of drug-likeness (QED) is 0.928. The summed E-state index contributed by atoms with van der Waals surface area (Å²) >= 11 is 1.19. The zero-order valence-electron chi connectivity index (χ0n) is 12.0. The molecule has 6 nitrogen and oxygen atoms in total. The van der Waals surface area contributed by atoms with E-state index >= 15 is 0 Å². The number of hydrogen-bond donors (Lipinski definition) is 1. The van der Waals surface area contributed by atoms with Crippen molar-refractivity contribution in [1.29, 1.82) is 0 Å². The minimum atomic E-state index is -3.43. The van der Waals surface area contributed by atoms with Gasteiger partial charge in [-0.15, -0.1) is 11.3 Å². The molecule has 0 amide bonds. The largest absolute Gasteiger partial charge is 0.268 e. The van der Waals surface area contributed by atoms with Gasteiger partial charge in [-0.3, -0.25) is 4.79 Å². The molecule has 118 valence electrons. The van der Waals surface area contributed by atoms with Crippen molar-refractivity contribution >= 4 is 21.4 Å². The summed E-state index contributed by atoms with van der Waals surface area (Å²) in [7, 11) is -3.43. The number of hydrogen-bond acceptors (Lipinski definition) is 5. The van der Waals surface area contributed by atoms with Crippen LogP contribution in [0.1, 0.15) is 25.7 Å². The molecule has 0 aromatic carbocycles. The highest BCUT2D eigenvalue weighted by Gasteiger charge is 2.26. The molecule has 1 fully saturated rings. The molecule has 1 N–H and O–H groups in total. The molecule has 1 saturated heterocycles. The molecule has 3 rings (SSSR count). The number of nitrogens with zero attached hydrogens (tertiary/aromatic N) is 2. The van der Waals surface area contributed by atoms with Crippen molar-refractivity contribution in [2.75, 3.05) is 13.1 Å². The molecule has 0 aliphatic carbocycles. The Hall–Kier alpha value is -1.51. The number of rotatable bonds is 3. The predicted molar refractivity (Wildman–Crippen MR) is 85.4 cm³/mol. The SMILES string of the molecule is O=c1ccc(-c2csc(S(=O)(=O)N3CCCCCC3)c2)n[nH]1. The summed E-state index contributed by atoms with van der Waals surface area (Å²) in [5, 5.41) is 8.04. The maximum absolute atomic E-state index is 12.7. The van der Waals surface area contributed by atoms with Crippen LogP contribution in [0, 0.1) is 0 Å². The van der Waals surface area contributed by atoms with E-state index in [1.54, 1.807) is 21.8 Å². The minimum absolute atomic E-state index is 0.281. The van der Waals surface area contributed by atoms with Crippen molar-refractivity contribution in [3.63, 3.8) is 0 Å². The molecule has 2 aromatic heterocycles. The first kappa shape index (κ1) is 15.4.